The molecule has 0 unspecified atom stereocenters. The molecule has 0 aromatic carbocycles. The lowest BCUT2D eigenvalue weighted by molar-refractivity contribution is 0.267. The van der Waals surface area contributed by atoms with E-state index in [1.54, 1.807) is 0 Å². The van der Waals surface area contributed by atoms with Crippen molar-refractivity contribution in [3.05, 3.63) is 0 Å². The average Bonchev–Trinajstić information content (AvgIpc) is 2.15. The van der Waals surface area contributed by atoms with E-state index < -0.39 is 0 Å². The van der Waals surface area contributed by atoms with E-state index in [0.29, 0.717) is 0 Å². The SMILES string of the molecule is CCCCCCCCCCSC(N)=O. The minimum atomic E-state index is -0.243. The Balaban J connectivity index is 2.88. The summed E-state index contributed by atoms with van der Waals surface area (Å²) in [5.41, 5.74) is 5.01. The third-order valence-electron chi connectivity index (χ3n) is 2.24. The van der Waals surface area contributed by atoms with Crippen LogP contribution in [0.25, 0.3) is 0 Å². The van der Waals surface area contributed by atoms with Gasteiger partial charge in [0.15, 0.2) is 0 Å². The smallest absolute Gasteiger partial charge is 0.276 e. The topological polar surface area (TPSA) is 43.1 Å². The first-order chi connectivity index (χ1) is 6.77. The van der Waals surface area contributed by atoms with Crippen molar-refractivity contribution in [3.8, 4) is 0 Å². The highest BCUT2D eigenvalue weighted by Crippen LogP contribution is 2.10. The van der Waals surface area contributed by atoms with Gasteiger partial charge in [-0.25, -0.2) is 0 Å². The van der Waals surface area contributed by atoms with Gasteiger partial charge in [0.05, 0.1) is 0 Å². The van der Waals surface area contributed by atoms with E-state index in [9.17, 15) is 4.79 Å². The highest BCUT2D eigenvalue weighted by atomic mass is 32.2. The fourth-order valence-corrected chi connectivity index (χ4v) is 1.96. The van der Waals surface area contributed by atoms with Gasteiger partial charge in [-0.05, 0) is 6.42 Å². The Kier molecular flexibility index (Phi) is 10.8. The van der Waals surface area contributed by atoms with Gasteiger partial charge in [-0.2, -0.15) is 0 Å². The third kappa shape index (κ3) is 11.8. The van der Waals surface area contributed by atoms with Crippen molar-refractivity contribution in [2.75, 3.05) is 5.75 Å². The second-order valence-electron chi connectivity index (χ2n) is 3.64. The van der Waals surface area contributed by atoms with E-state index in [1.165, 1.54) is 56.7 Å². The molecule has 2 nitrogen and oxygen atoms in total. The Morgan fingerprint density at radius 1 is 1.00 bits per heavy atom. The molecule has 3 heteroatoms. The molecule has 0 atom stereocenters. The Bertz CT molecular complexity index is 139. The van der Waals surface area contributed by atoms with Crippen molar-refractivity contribution in [1.82, 2.24) is 0 Å². The van der Waals surface area contributed by atoms with Gasteiger partial charge in [0.1, 0.15) is 0 Å². The lowest BCUT2D eigenvalue weighted by Crippen LogP contribution is -2.02. The molecule has 0 aromatic rings. The van der Waals surface area contributed by atoms with Crippen LogP contribution in [0.3, 0.4) is 0 Å². The Labute approximate surface area is 92.0 Å². The quantitative estimate of drug-likeness (QED) is 0.594. The van der Waals surface area contributed by atoms with E-state index in [2.05, 4.69) is 6.92 Å². The van der Waals surface area contributed by atoms with Crippen LogP contribution in [0.5, 0.6) is 0 Å². The summed E-state index contributed by atoms with van der Waals surface area (Å²) in [6.45, 7) is 2.24. The summed E-state index contributed by atoms with van der Waals surface area (Å²) in [7, 11) is 0. The van der Waals surface area contributed by atoms with Crippen LogP contribution in [0, 0.1) is 0 Å². The van der Waals surface area contributed by atoms with Crippen molar-refractivity contribution in [2.45, 2.75) is 58.3 Å². The first-order valence-electron chi connectivity index (χ1n) is 5.69. The molecule has 0 aliphatic heterocycles. The molecule has 0 aliphatic rings. The zero-order chi connectivity index (χ0) is 10.6. The molecule has 0 saturated heterocycles. The summed E-state index contributed by atoms with van der Waals surface area (Å²) in [6, 6.07) is 0. The molecule has 0 radical (unpaired) electrons. The molecule has 0 heterocycles. The Morgan fingerprint density at radius 2 is 1.50 bits per heavy atom. The fraction of sp³-hybridized carbons (Fsp3) is 0.909. The predicted molar refractivity (Wildman–Crippen MR) is 64.7 cm³/mol. The molecular weight excluding hydrogens is 194 g/mol. The molecule has 0 aliphatic carbocycles. The van der Waals surface area contributed by atoms with Gasteiger partial charge in [0.2, 0.25) is 0 Å². The molecule has 0 fully saturated rings. The van der Waals surface area contributed by atoms with Crippen LogP contribution in [0.15, 0.2) is 0 Å². The molecule has 14 heavy (non-hydrogen) atoms. The number of rotatable bonds is 9. The monoisotopic (exact) mass is 217 g/mol. The van der Waals surface area contributed by atoms with E-state index in [4.69, 9.17) is 5.73 Å². The summed E-state index contributed by atoms with van der Waals surface area (Å²) in [5, 5.41) is -0.243. The molecule has 0 bridgehead atoms. The average molecular weight is 217 g/mol. The number of nitrogens with two attached hydrogens (primary N) is 1. The van der Waals surface area contributed by atoms with Gasteiger partial charge in [0.25, 0.3) is 5.24 Å². The first-order valence-corrected chi connectivity index (χ1v) is 6.68. The van der Waals surface area contributed by atoms with E-state index in [1.807, 2.05) is 0 Å². The van der Waals surface area contributed by atoms with Crippen LogP contribution in [-0.4, -0.2) is 11.0 Å². The van der Waals surface area contributed by atoms with Crippen LogP contribution < -0.4 is 5.73 Å². The Morgan fingerprint density at radius 3 is 2.00 bits per heavy atom. The van der Waals surface area contributed by atoms with Crippen molar-refractivity contribution >= 4 is 17.0 Å². The summed E-state index contributed by atoms with van der Waals surface area (Å²) < 4.78 is 0. The van der Waals surface area contributed by atoms with Gasteiger partial charge in [-0.15, -0.1) is 0 Å². The standard InChI is InChI=1S/C11H23NOS/c1-2-3-4-5-6-7-8-9-10-14-11(12)13/h2-10H2,1H3,(H2,12,13). The van der Waals surface area contributed by atoms with Crippen molar-refractivity contribution in [1.29, 1.82) is 0 Å². The molecule has 0 saturated carbocycles. The van der Waals surface area contributed by atoms with Gasteiger partial charge in [-0.3, -0.25) is 4.79 Å². The number of amides is 1. The summed E-state index contributed by atoms with van der Waals surface area (Å²) >= 11 is 1.24. The number of thioether (sulfide) groups is 1. The number of primary amides is 1. The van der Waals surface area contributed by atoms with Crippen molar-refractivity contribution < 1.29 is 4.79 Å². The third-order valence-corrected chi connectivity index (χ3v) is 3.02. The number of carbonyl (C=O) groups excluding carboxylic acids is 1. The summed E-state index contributed by atoms with van der Waals surface area (Å²) in [4.78, 5) is 10.4. The Hall–Kier alpha value is -0.180. The molecule has 84 valence electrons. The van der Waals surface area contributed by atoms with Crippen LogP contribution in [0.4, 0.5) is 4.79 Å². The normalized spacial score (nSPS) is 10.4. The van der Waals surface area contributed by atoms with E-state index in [-0.39, 0.29) is 5.24 Å². The van der Waals surface area contributed by atoms with Gasteiger partial charge in [0, 0.05) is 5.75 Å². The summed E-state index contributed by atoms with van der Waals surface area (Å²) in [5.74, 6) is 0.893. The highest BCUT2D eigenvalue weighted by Gasteiger charge is 1.95. The maximum absolute atomic E-state index is 10.4. The van der Waals surface area contributed by atoms with Crippen LogP contribution in [0.2, 0.25) is 0 Å². The largest absolute Gasteiger partial charge is 0.361 e. The molecule has 0 rings (SSSR count). The zero-order valence-electron chi connectivity index (χ0n) is 9.26. The summed E-state index contributed by atoms with van der Waals surface area (Å²) in [6.07, 6.45) is 10.5. The van der Waals surface area contributed by atoms with Crippen molar-refractivity contribution in [2.24, 2.45) is 5.73 Å². The predicted octanol–water partition coefficient (Wildman–Crippen LogP) is 3.94. The molecule has 0 aromatic heterocycles. The molecule has 2 N–H and O–H groups in total. The first kappa shape index (κ1) is 13.8. The lowest BCUT2D eigenvalue weighted by atomic mass is 10.1. The van der Waals surface area contributed by atoms with Gasteiger partial charge < -0.3 is 5.73 Å². The number of hydrogen-bond donors (Lipinski definition) is 1. The fourth-order valence-electron chi connectivity index (χ4n) is 1.41. The minimum Gasteiger partial charge on any atom is -0.361 e. The second kappa shape index (κ2) is 10.9. The van der Waals surface area contributed by atoms with Gasteiger partial charge in [-0.1, -0.05) is 63.6 Å². The minimum absolute atomic E-state index is 0.243. The lowest BCUT2D eigenvalue weighted by Gasteiger charge is -2.00. The molecular formula is C11H23NOS. The maximum atomic E-state index is 10.4. The van der Waals surface area contributed by atoms with Crippen molar-refractivity contribution in [3.63, 3.8) is 0 Å². The highest BCUT2D eigenvalue weighted by molar-refractivity contribution is 8.13. The van der Waals surface area contributed by atoms with E-state index >= 15 is 0 Å². The number of carbonyl (C=O) groups is 1. The maximum Gasteiger partial charge on any atom is 0.276 e. The molecule has 0 spiro atoms. The zero-order valence-corrected chi connectivity index (χ0v) is 10.1. The van der Waals surface area contributed by atoms with Crippen LogP contribution in [-0.2, 0) is 0 Å². The second-order valence-corrected chi connectivity index (χ2v) is 4.74. The molecule has 1 amide bonds. The van der Waals surface area contributed by atoms with E-state index in [0.717, 1.165) is 12.2 Å². The number of unbranched alkanes of at least 4 members (excludes halogenated alkanes) is 7. The van der Waals surface area contributed by atoms with Gasteiger partial charge >= 0.3 is 0 Å². The van der Waals surface area contributed by atoms with Crippen LogP contribution >= 0.6 is 11.8 Å². The number of hydrogen-bond acceptors (Lipinski definition) is 2. The van der Waals surface area contributed by atoms with Crippen LogP contribution in [0.1, 0.15) is 58.3 Å².